The van der Waals surface area contributed by atoms with Gasteiger partial charge in [-0.1, -0.05) is 6.92 Å². The maximum Gasteiger partial charge on any atom is 0.244 e. The zero-order valence-electron chi connectivity index (χ0n) is 12.2. The molecular formula is C13H24N2O3S2. The summed E-state index contributed by atoms with van der Waals surface area (Å²) >= 11 is 1.88. The number of carbonyl (C=O) groups is 1. The lowest BCUT2D eigenvalue weighted by molar-refractivity contribution is -0.134. The van der Waals surface area contributed by atoms with Gasteiger partial charge in [-0.05, 0) is 32.4 Å². The number of rotatable bonds is 3. The fraction of sp³-hybridized carbons (Fsp3) is 0.923. The van der Waals surface area contributed by atoms with Crippen LogP contribution in [0, 0.1) is 0 Å². The van der Waals surface area contributed by atoms with E-state index >= 15 is 0 Å². The molecule has 0 radical (unpaired) electrons. The average molecular weight is 320 g/mol. The molecule has 1 N–H and O–H groups in total. The fourth-order valence-electron chi connectivity index (χ4n) is 3.01. The van der Waals surface area contributed by atoms with Crippen LogP contribution >= 0.6 is 11.8 Å². The second kappa shape index (κ2) is 6.23. The predicted octanol–water partition coefficient (Wildman–Crippen LogP) is 0.507. The average Bonchev–Trinajstić information content (AvgIpc) is 2.46. The van der Waals surface area contributed by atoms with Gasteiger partial charge >= 0.3 is 0 Å². The van der Waals surface area contributed by atoms with Crippen molar-refractivity contribution < 1.29 is 13.2 Å². The molecule has 0 bridgehead atoms. The van der Waals surface area contributed by atoms with Crippen LogP contribution in [-0.4, -0.2) is 67.4 Å². The normalized spacial score (nSPS) is 27.3. The van der Waals surface area contributed by atoms with Gasteiger partial charge in [0.05, 0.1) is 0 Å². The molecule has 0 saturated carbocycles. The van der Waals surface area contributed by atoms with Crippen LogP contribution < -0.4 is 5.32 Å². The summed E-state index contributed by atoms with van der Waals surface area (Å²) in [5.74, 6) is 0.739. The van der Waals surface area contributed by atoms with Crippen LogP contribution in [-0.2, 0) is 14.6 Å². The highest BCUT2D eigenvalue weighted by molar-refractivity contribution is 8.00. The van der Waals surface area contributed by atoms with Crippen molar-refractivity contribution in [2.45, 2.75) is 36.2 Å². The SMILES string of the molecule is CCC1CN(C(=O)C2(S(C)(=O)=O)CCNCC2)CCS1. The quantitative estimate of drug-likeness (QED) is 0.820. The van der Waals surface area contributed by atoms with Crippen molar-refractivity contribution in [2.75, 3.05) is 38.2 Å². The van der Waals surface area contributed by atoms with E-state index < -0.39 is 14.6 Å². The van der Waals surface area contributed by atoms with E-state index in [0.29, 0.717) is 44.3 Å². The Morgan fingerprint density at radius 3 is 2.60 bits per heavy atom. The van der Waals surface area contributed by atoms with Gasteiger partial charge in [0, 0.05) is 30.3 Å². The molecule has 0 aromatic heterocycles. The lowest BCUT2D eigenvalue weighted by Crippen LogP contribution is -2.60. The van der Waals surface area contributed by atoms with E-state index in [9.17, 15) is 13.2 Å². The predicted molar refractivity (Wildman–Crippen MR) is 82.8 cm³/mol. The molecule has 7 heteroatoms. The number of thioether (sulfide) groups is 1. The van der Waals surface area contributed by atoms with Crippen molar-refractivity contribution >= 4 is 27.5 Å². The molecule has 116 valence electrons. The van der Waals surface area contributed by atoms with Gasteiger partial charge in [0.2, 0.25) is 5.91 Å². The second-order valence-electron chi connectivity index (χ2n) is 5.67. The Balaban J connectivity index is 2.23. The molecule has 2 saturated heterocycles. The number of nitrogens with one attached hydrogen (secondary N) is 1. The first-order valence-electron chi connectivity index (χ1n) is 7.22. The lowest BCUT2D eigenvalue weighted by Gasteiger charge is -2.41. The third-order valence-corrected chi connectivity index (χ3v) is 7.77. The molecular weight excluding hydrogens is 296 g/mol. The fourth-order valence-corrected chi connectivity index (χ4v) is 5.58. The van der Waals surface area contributed by atoms with Crippen LogP contribution in [0.25, 0.3) is 0 Å². The van der Waals surface area contributed by atoms with Crippen molar-refractivity contribution in [3.05, 3.63) is 0 Å². The molecule has 2 aliphatic rings. The van der Waals surface area contributed by atoms with Gasteiger partial charge in [-0.3, -0.25) is 4.79 Å². The first kappa shape index (κ1) is 16.1. The van der Waals surface area contributed by atoms with Crippen molar-refractivity contribution in [1.82, 2.24) is 10.2 Å². The minimum absolute atomic E-state index is 0.166. The zero-order valence-corrected chi connectivity index (χ0v) is 13.9. The number of hydrogen-bond acceptors (Lipinski definition) is 5. The number of piperidine rings is 1. The molecule has 0 aromatic rings. The summed E-state index contributed by atoms with van der Waals surface area (Å²) < 4.78 is 23.3. The highest BCUT2D eigenvalue weighted by Crippen LogP contribution is 2.32. The molecule has 2 aliphatic heterocycles. The molecule has 0 spiro atoms. The van der Waals surface area contributed by atoms with Crippen LogP contribution in [0.15, 0.2) is 0 Å². The van der Waals surface area contributed by atoms with Gasteiger partial charge in [0.15, 0.2) is 14.6 Å². The Morgan fingerprint density at radius 1 is 1.40 bits per heavy atom. The van der Waals surface area contributed by atoms with Crippen molar-refractivity contribution in [3.63, 3.8) is 0 Å². The molecule has 2 rings (SSSR count). The Hall–Kier alpha value is -0.270. The van der Waals surface area contributed by atoms with E-state index in [1.165, 1.54) is 6.26 Å². The second-order valence-corrected chi connectivity index (χ2v) is 9.40. The van der Waals surface area contributed by atoms with E-state index in [1.54, 1.807) is 4.90 Å². The summed E-state index contributed by atoms with van der Waals surface area (Å²) in [6, 6.07) is 0. The maximum atomic E-state index is 12.9. The number of nitrogens with zero attached hydrogens (tertiary/aromatic N) is 1. The van der Waals surface area contributed by atoms with Crippen LogP contribution in [0.4, 0.5) is 0 Å². The number of amides is 1. The first-order chi connectivity index (χ1) is 9.40. The number of hydrogen-bond donors (Lipinski definition) is 1. The lowest BCUT2D eigenvalue weighted by atomic mass is 9.95. The molecule has 20 heavy (non-hydrogen) atoms. The molecule has 2 fully saturated rings. The topological polar surface area (TPSA) is 66.5 Å². The van der Waals surface area contributed by atoms with Crippen LogP contribution in [0.1, 0.15) is 26.2 Å². The van der Waals surface area contributed by atoms with Crippen molar-refractivity contribution in [2.24, 2.45) is 0 Å². The van der Waals surface area contributed by atoms with E-state index in [2.05, 4.69) is 12.2 Å². The zero-order chi connectivity index (χ0) is 14.8. The third-order valence-electron chi connectivity index (χ3n) is 4.39. The van der Waals surface area contributed by atoms with Gasteiger partial charge in [0.25, 0.3) is 0 Å². The van der Waals surface area contributed by atoms with E-state index in [1.807, 2.05) is 11.8 Å². The molecule has 1 unspecified atom stereocenters. The van der Waals surface area contributed by atoms with E-state index in [-0.39, 0.29) is 5.91 Å². The highest BCUT2D eigenvalue weighted by atomic mass is 32.2. The molecule has 5 nitrogen and oxygen atoms in total. The van der Waals surface area contributed by atoms with Crippen molar-refractivity contribution in [1.29, 1.82) is 0 Å². The Kier molecular flexibility index (Phi) is 5.02. The van der Waals surface area contributed by atoms with Crippen LogP contribution in [0.3, 0.4) is 0 Å². The summed E-state index contributed by atoms with van der Waals surface area (Å²) in [6.07, 6.45) is 3.02. The Bertz CT molecular complexity index is 458. The van der Waals surface area contributed by atoms with Gasteiger partial charge in [0.1, 0.15) is 0 Å². The Morgan fingerprint density at radius 2 is 2.05 bits per heavy atom. The summed E-state index contributed by atoms with van der Waals surface area (Å²) in [4.78, 5) is 14.7. The molecule has 0 aromatic carbocycles. The largest absolute Gasteiger partial charge is 0.339 e. The molecule has 1 amide bonds. The smallest absolute Gasteiger partial charge is 0.244 e. The molecule has 2 heterocycles. The molecule has 1 atom stereocenters. The van der Waals surface area contributed by atoms with Crippen molar-refractivity contribution in [3.8, 4) is 0 Å². The minimum Gasteiger partial charge on any atom is -0.339 e. The van der Waals surface area contributed by atoms with E-state index in [0.717, 1.165) is 12.2 Å². The van der Waals surface area contributed by atoms with Gasteiger partial charge in [-0.15, -0.1) is 0 Å². The Labute approximate surface area is 125 Å². The molecule has 0 aliphatic carbocycles. The standard InChI is InChI=1S/C13H24N2O3S2/c1-3-11-10-15(8-9-19-11)12(16)13(20(2,17)18)4-6-14-7-5-13/h11,14H,3-10H2,1-2H3. The van der Waals surface area contributed by atoms with Crippen LogP contribution in [0.2, 0.25) is 0 Å². The highest BCUT2D eigenvalue weighted by Gasteiger charge is 2.50. The maximum absolute atomic E-state index is 12.9. The monoisotopic (exact) mass is 320 g/mol. The minimum atomic E-state index is -3.40. The first-order valence-corrected chi connectivity index (χ1v) is 10.2. The number of carbonyl (C=O) groups excluding carboxylic acids is 1. The van der Waals surface area contributed by atoms with E-state index in [4.69, 9.17) is 0 Å². The van der Waals surface area contributed by atoms with Gasteiger partial charge in [-0.25, -0.2) is 8.42 Å². The third kappa shape index (κ3) is 2.99. The van der Waals surface area contributed by atoms with Gasteiger partial charge < -0.3 is 10.2 Å². The number of sulfone groups is 1. The summed E-state index contributed by atoms with van der Waals surface area (Å²) in [6.45, 7) is 4.66. The summed E-state index contributed by atoms with van der Waals surface area (Å²) in [5.41, 5.74) is 0. The summed E-state index contributed by atoms with van der Waals surface area (Å²) in [7, 11) is -3.40. The summed E-state index contributed by atoms with van der Waals surface area (Å²) in [5, 5.41) is 3.59. The van der Waals surface area contributed by atoms with Crippen LogP contribution in [0.5, 0.6) is 0 Å². The van der Waals surface area contributed by atoms with Gasteiger partial charge in [-0.2, -0.15) is 11.8 Å².